The van der Waals surface area contributed by atoms with Gasteiger partial charge in [0.2, 0.25) is 0 Å². The van der Waals surface area contributed by atoms with E-state index in [-0.39, 0.29) is 12.0 Å². The van der Waals surface area contributed by atoms with Gasteiger partial charge in [0.1, 0.15) is 6.07 Å². The van der Waals surface area contributed by atoms with E-state index in [2.05, 4.69) is 16.4 Å². The molecule has 0 unspecified atom stereocenters. The maximum absolute atomic E-state index is 9.48. The zero-order chi connectivity index (χ0) is 14.9. The Labute approximate surface area is 127 Å². The Kier molecular flexibility index (Phi) is 3.68. The van der Waals surface area contributed by atoms with Crippen LogP contribution < -0.4 is 5.32 Å². The molecule has 0 aliphatic carbocycles. The number of halogens is 1. The van der Waals surface area contributed by atoms with Crippen molar-refractivity contribution in [3.63, 3.8) is 0 Å². The molecule has 2 heterocycles. The molecule has 0 atom stereocenters. The molecular formula is C15H14ClN3O2. The Morgan fingerprint density at radius 2 is 2.29 bits per heavy atom. The molecule has 21 heavy (non-hydrogen) atoms. The largest absolute Gasteiger partial charge is 0.396 e. The molecule has 1 aromatic carbocycles. The van der Waals surface area contributed by atoms with E-state index in [1.54, 1.807) is 18.3 Å². The predicted octanol–water partition coefficient (Wildman–Crippen LogP) is 2.18. The van der Waals surface area contributed by atoms with Gasteiger partial charge in [0.15, 0.2) is 0 Å². The molecular weight excluding hydrogens is 290 g/mol. The minimum absolute atomic E-state index is 0.0473. The summed E-state index contributed by atoms with van der Waals surface area (Å²) < 4.78 is 5.18. The number of nitrogens with one attached hydrogen (secondary N) is 1. The predicted molar refractivity (Wildman–Crippen MR) is 80.3 cm³/mol. The lowest BCUT2D eigenvalue weighted by Crippen LogP contribution is -2.50. The second-order valence-electron chi connectivity index (χ2n) is 5.32. The number of aliphatic hydroxyl groups excluding tert-OH is 1. The van der Waals surface area contributed by atoms with Gasteiger partial charge < -0.3 is 15.2 Å². The zero-order valence-corrected chi connectivity index (χ0v) is 12.0. The van der Waals surface area contributed by atoms with Crippen molar-refractivity contribution in [1.82, 2.24) is 4.98 Å². The number of nitrogens with zero attached hydrogens (tertiary/aromatic N) is 2. The summed E-state index contributed by atoms with van der Waals surface area (Å²) in [5, 5.41) is 23.4. The molecule has 0 saturated carbocycles. The lowest BCUT2D eigenvalue weighted by Gasteiger charge is -2.40. The fraction of sp³-hybridized carbons (Fsp3) is 0.333. The van der Waals surface area contributed by atoms with Crippen molar-refractivity contribution in [2.24, 2.45) is 5.41 Å². The molecule has 0 bridgehead atoms. The van der Waals surface area contributed by atoms with Gasteiger partial charge in [-0.2, -0.15) is 5.26 Å². The first kappa shape index (κ1) is 14.1. The number of aliphatic hydroxyl groups is 1. The number of hydrogen-bond acceptors (Lipinski definition) is 5. The fourth-order valence-corrected chi connectivity index (χ4v) is 2.53. The van der Waals surface area contributed by atoms with Gasteiger partial charge in [-0.15, -0.1) is 0 Å². The van der Waals surface area contributed by atoms with Gasteiger partial charge in [-0.3, -0.25) is 4.98 Å². The third kappa shape index (κ3) is 2.54. The highest BCUT2D eigenvalue weighted by Crippen LogP contribution is 2.31. The molecule has 2 N–H and O–H groups in total. The van der Waals surface area contributed by atoms with Crippen LogP contribution in [0.15, 0.2) is 24.4 Å². The first-order chi connectivity index (χ1) is 10.2. The summed E-state index contributed by atoms with van der Waals surface area (Å²) in [6, 6.07) is 7.51. The molecule has 3 rings (SSSR count). The number of hydrogen-bond donors (Lipinski definition) is 2. The SMILES string of the molecule is N#Cc1cnc2ccc(Cl)cc2c1NCC1(CO)COC1. The van der Waals surface area contributed by atoms with Crippen molar-refractivity contribution in [2.45, 2.75) is 0 Å². The van der Waals surface area contributed by atoms with E-state index in [9.17, 15) is 10.4 Å². The van der Waals surface area contributed by atoms with Crippen LogP contribution in [0.3, 0.4) is 0 Å². The number of anilines is 1. The summed E-state index contributed by atoms with van der Waals surface area (Å²) in [5.74, 6) is 0. The van der Waals surface area contributed by atoms with Crippen molar-refractivity contribution < 1.29 is 9.84 Å². The highest BCUT2D eigenvalue weighted by Gasteiger charge is 2.38. The molecule has 1 saturated heterocycles. The summed E-state index contributed by atoms with van der Waals surface area (Å²) in [4.78, 5) is 4.26. The topological polar surface area (TPSA) is 78.2 Å². The van der Waals surface area contributed by atoms with E-state index in [4.69, 9.17) is 16.3 Å². The van der Waals surface area contributed by atoms with E-state index in [0.717, 1.165) is 10.9 Å². The maximum atomic E-state index is 9.48. The monoisotopic (exact) mass is 303 g/mol. The molecule has 1 aliphatic rings. The molecule has 1 fully saturated rings. The highest BCUT2D eigenvalue weighted by atomic mass is 35.5. The summed E-state index contributed by atoms with van der Waals surface area (Å²) in [6.45, 7) is 1.61. The van der Waals surface area contributed by atoms with Crippen molar-refractivity contribution in [3.8, 4) is 6.07 Å². The van der Waals surface area contributed by atoms with E-state index < -0.39 is 0 Å². The molecule has 1 aliphatic heterocycles. The van der Waals surface area contributed by atoms with Crippen molar-refractivity contribution in [2.75, 3.05) is 31.7 Å². The molecule has 108 valence electrons. The van der Waals surface area contributed by atoms with E-state index >= 15 is 0 Å². The van der Waals surface area contributed by atoms with Crippen molar-refractivity contribution >= 4 is 28.2 Å². The normalized spacial score (nSPS) is 16.2. The van der Waals surface area contributed by atoms with Gasteiger partial charge >= 0.3 is 0 Å². The van der Waals surface area contributed by atoms with Gasteiger partial charge in [0.25, 0.3) is 0 Å². The molecule has 0 radical (unpaired) electrons. The molecule has 5 nitrogen and oxygen atoms in total. The fourth-order valence-electron chi connectivity index (χ4n) is 2.36. The van der Waals surface area contributed by atoms with Crippen molar-refractivity contribution in [1.29, 1.82) is 5.26 Å². The molecule has 6 heteroatoms. The number of aromatic nitrogens is 1. The molecule has 2 aromatic rings. The summed E-state index contributed by atoms with van der Waals surface area (Å²) in [5.41, 5.74) is 1.65. The number of rotatable bonds is 4. The second kappa shape index (κ2) is 5.49. The van der Waals surface area contributed by atoms with Crippen LogP contribution in [0.2, 0.25) is 5.02 Å². The Balaban J connectivity index is 1.99. The lowest BCUT2D eigenvalue weighted by molar-refractivity contribution is -0.128. The van der Waals surface area contributed by atoms with Crippen molar-refractivity contribution in [3.05, 3.63) is 35.0 Å². The van der Waals surface area contributed by atoms with Crippen LogP contribution in [0.4, 0.5) is 5.69 Å². The van der Waals surface area contributed by atoms with E-state index in [0.29, 0.717) is 36.0 Å². The lowest BCUT2D eigenvalue weighted by atomic mass is 9.87. The Hall–Kier alpha value is -1.87. The first-order valence-corrected chi connectivity index (χ1v) is 6.96. The van der Waals surface area contributed by atoms with Crippen LogP contribution in [0.25, 0.3) is 10.9 Å². The number of benzene rings is 1. The van der Waals surface area contributed by atoms with E-state index in [1.165, 1.54) is 0 Å². The molecule has 1 aromatic heterocycles. The number of pyridine rings is 1. The number of ether oxygens (including phenoxy) is 1. The quantitative estimate of drug-likeness (QED) is 0.905. The first-order valence-electron chi connectivity index (χ1n) is 6.58. The Morgan fingerprint density at radius 1 is 1.48 bits per heavy atom. The number of nitriles is 1. The minimum Gasteiger partial charge on any atom is -0.396 e. The van der Waals surface area contributed by atoms with Crippen LogP contribution in [-0.2, 0) is 4.74 Å². The average molecular weight is 304 g/mol. The molecule has 0 amide bonds. The third-order valence-corrected chi connectivity index (χ3v) is 3.98. The zero-order valence-electron chi connectivity index (χ0n) is 11.3. The van der Waals surface area contributed by atoms with Crippen LogP contribution >= 0.6 is 11.6 Å². The van der Waals surface area contributed by atoms with Crippen LogP contribution in [-0.4, -0.2) is 36.5 Å². The summed E-state index contributed by atoms with van der Waals surface area (Å²) >= 11 is 6.04. The Morgan fingerprint density at radius 3 is 2.90 bits per heavy atom. The average Bonchev–Trinajstić information content (AvgIpc) is 2.46. The van der Waals surface area contributed by atoms with Gasteiger partial charge in [-0.1, -0.05) is 11.6 Å². The van der Waals surface area contributed by atoms with Gasteiger partial charge in [0, 0.05) is 23.2 Å². The Bertz CT molecular complexity index is 717. The van der Waals surface area contributed by atoms with Gasteiger partial charge in [0.05, 0.1) is 42.0 Å². The van der Waals surface area contributed by atoms with Gasteiger partial charge in [-0.05, 0) is 18.2 Å². The van der Waals surface area contributed by atoms with Crippen LogP contribution in [0, 0.1) is 16.7 Å². The van der Waals surface area contributed by atoms with Gasteiger partial charge in [-0.25, -0.2) is 0 Å². The minimum atomic E-state index is -0.277. The standard InChI is InChI=1S/C15H14ClN3O2/c16-11-1-2-13-12(3-11)14(10(4-17)5-18-13)19-6-15(7-20)8-21-9-15/h1-3,5,20H,6-9H2,(H,18,19). The smallest absolute Gasteiger partial charge is 0.103 e. The third-order valence-electron chi connectivity index (χ3n) is 3.74. The summed E-state index contributed by atoms with van der Waals surface area (Å²) in [6.07, 6.45) is 1.54. The van der Waals surface area contributed by atoms with E-state index in [1.807, 2.05) is 6.07 Å². The van der Waals surface area contributed by atoms with Crippen LogP contribution in [0.5, 0.6) is 0 Å². The molecule has 0 spiro atoms. The summed E-state index contributed by atoms with van der Waals surface area (Å²) in [7, 11) is 0. The highest BCUT2D eigenvalue weighted by molar-refractivity contribution is 6.31. The maximum Gasteiger partial charge on any atom is 0.103 e. The number of fused-ring (bicyclic) bond motifs is 1. The van der Waals surface area contributed by atoms with Crippen LogP contribution in [0.1, 0.15) is 5.56 Å². The second-order valence-corrected chi connectivity index (χ2v) is 5.76.